The Labute approximate surface area is 269 Å². The van der Waals surface area contributed by atoms with Gasteiger partial charge in [-0.15, -0.1) is 0 Å². The summed E-state index contributed by atoms with van der Waals surface area (Å²) in [6, 6.07) is 45.2. The fraction of sp³-hybridized carbons (Fsp3) is 0.125. The van der Waals surface area contributed by atoms with E-state index in [1.807, 2.05) is 104 Å². The second kappa shape index (κ2) is 12.7. The van der Waals surface area contributed by atoms with Gasteiger partial charge in [0.05, 0.1) is 14.2 Å². The summed E-state index contributed by atoms with van der Waals surface area (Å²) < 4.78 is 11.2. The zero-order valence-corrected chi connectivity index (χ0v) is 26.9. The lowest BCUT2D eigenvalue weighted by Crippen LogP contribution is -2.51. The number of rotatable bonds is 9. The minimum absolute atomic E-state index is 0.0522. The van der Waals surface area contributed by atoms with Gasteiger partial charge in [-0.2, -0.15) is 0 Å². The zero-order valence-electron chi connectivity index (χ0n) is 26.0. The van der Waals surface area contributed by atoms with Crippen LogP contribution in [0.25, 0.3) is 27.1 Å². The van der Waals surface area contributed by atoms with Gasteiger partial charge in [-0.1, -0.05) is 109 Å². The second-order valence-electron chi connectivity index (χ2n) is 11.4. The first-order chi connectivity index (χ1) is 22.4. The normalized spacial score (nSPS) is 13.5. The molecule has 6 aromatic carbocycles. The molecule has 0 fully saturated rings. The van der Waals surface area contributed by atoms with Crippen LogP contribution in [-0.2, 0) is 14.3 Å². The summed E-state index contributed by atoms with van der Waals surface area (Å²) in [5.74, 6) is -1.13. The van der Waals surface area contributed by atoms with E-state index in [0.717, 1.165) is 26.7 Å². The van der Waals surface area contributed by atoms with E-state index in [0.29, 0.717) is 16.3 Å². The Kier molecular flexibility index (Phi) is 8.53. The number of carbonyl (C=O) groups excluding carboxylic acids is 1. The lowest BCUT2D eigenvalue weighted by Gasteiger charge is -2.41. The van der Waals surface area contributed by atoms with Crippen LogP contribution in [0, 0.1) is 0 Å². The highest BCUT2D eigenvalue weighted by molar-refractivity contribution is 7.97. The van der Waals surface area contributed by atoms with Crippen LogP contribution in [0.15, 0.2) is 145 Å². The summed E-state index contributed by atoms with van der Waals surface area (Å²) in [5.41, 5.74) is 0.547. The number of hydrogen-bond donors (Lipinski definition) is 1. The Balaban J connectivity index is 1.75. The number of ether oxygens (including phenoxy) is 2. The number of allylic oxidation sites excluding steroid dienone is 1. The molecular weight excluding hydrogens is 591 g/mol. The van der Waals surface area contributed by atoms with Gasteiger partial charge in [0.25, 0.3) is 5.95 Å². The largest absolute Gasteiger partial charge is 0.872 e. The third-order valence-corrected chi connectivity index (χ3v) is 14.0. The number of aliphatic hydroxyl groups excluding tert-OH is 1. The minimum Gasteiger partial charge on any atom is -0.872 e. The van der Waals surface area contributed by atoms with Gasteiger partial charge in [0, 0.05) is 12.0 Å². The molecule has 1 unspecified atom stereocenters. The summed E-state index contributed by atoms with van der Waals surface area (Å²) >= 11 is 0. The maximum atomic E-state index is 14.6. The Bertz CT molecular complexity index is 1940. The molecular formula is C40H35O5P. The fourth-order valence-corrected chi connectivity index (χ4v) is 12.2. The van der Waals surface area contributed by atoms with Gasteiger partial charge >= 0.3 is 5.97 Å². The second-order valence-corrected chi connectivity index (χ2v) is 15.3. The molecule has 0 bridgehead atoms. The van der Waals surface area contributed by atoms with Crippen molar-refractivity contribution in [3.05, 3.63) is 151 Å². The van der Waals surface area contributed by atoms with Gasteiger partial charge < -0.3 is 19.7 Å². The van der Waals surface area contributed by atoms with Crippen molar-refractivity contribution in [3.63, 3.8) is 0 Å². The van der Waals surface area contributed by atoms with Crippen molar-refractivity contribution < 1.29 is 24.5 Å². The van der Waals surface area contributed by atoms with E-state index in [9.17, 15) is 15.0 Å². The van der Waals surface area contributed by atoms with Crippen molar-refractivity contribution >= 4 is 56.3 Å². The molecule has 0 aliphatic heterocycles. The van der Waals surface area contributed by atoms with Crippen LogP contribution in [0.3, 0.4) is 0 Å². The van der Waals surface area contributed by atoms with Crippen LogP contribution in [0.4, 0.5) is 0 Å². The van der Waals surface area contributed by atoms with Crippen LogP contribution in [-0.4, -0.2) is 30.5 Å². The molecule has 0 aromatic heterocycles. The molecule has 6 rings (SSSR count). The van der Waals surface area contributed by atoms with E-state index >= 15 is 0 Å². The van der Waals surface area contributed by atoms with Gasteiger partial charge in [0.2, 0.25) is 0 Å². The number of hydrogen-bond acceptors (Lipinski definition) is 5. The molecule has 0 radical (unpaired) electrons. The van der Waals surface area contributed by atoms with Crippen LogP contribution in [0.5, 0.6) is 5.75 Å². The number of benzene rings is 6. The van der Waals surface area contributed by atoms with E-state index in [-0.39, 0.29) is 17.7 Å². The van der Waals surface area contributed by atoms with Crippen molar-refractivity contribution in [2.75, 3.05) is 14.2 Å². The SMILES string of the molecule is COC(=O)C(C)(C/C(=C(\O)OC)c1c([O-])c2ccccc2c2ccccc12)[P+](c1ccccc1)(c1ccccc1)c1ccccc1. The van der Waals surface area contributed by atoms with Crippen molar-refractivity contribution in [2.24, 2.45) is 0 Å². The molecule has 1 N–H and O–H groups in total. The van der Waals surface area contributed by atoms with Gasteiger partial charge in [0.15, 0.2) is 5.16 Å². The molecule has 0 saturated carbocycles. The van der Waals surface area contributed by atoms with Gasteiger partial charge in [-0.3, -0.25) is 0 Å². The molecule has 6 aromatic rings. The van der Waals surface area contributed by atoms with E-state index < -0.39 is 24.3 Å². The van der Waals surface area contributed by atoms with Crippen molar-refractivity contribution in [1.82, 2.24) is 0 Å². The van der Waals surface area contributed by atoms with Crippen molar-refractivity contribution in [2.45, 2.75) is 18.5 Å². The Morgan fingerprint density at radius 1 is 0.630 bits per heavy atom. The summed E-state index contributed by atoms with van der Waals surface area (Å²) in [6.07, 6.45) is -0.0522. The first-order valence-corrected chi connectivity index (χ1v) is 16.9. The molecule has 0 spiro atoms. The molecule has 6 heteroatoms. The monoisotopic (exact) mass is 626 g/mol. The Hall–Kier alpha value is -5.12. The summed E-state index contributed by atoms with van der Waals surface area (Å²) in [6.45, 7) is 1.90. The fourth-order valence-electron chi connectivity index (χ4n) is 6.95. The van der Waals surface area contributed by atoms with Crippen LogP contribution in [0.1, 0.15) is 18.9 Å². The van der Waals surface area contributed by atoms with Crippen LogP contribution >= 0.6 is 7.26 Å². The summed E-state index contributed by atoms with van der Waals surface area (Å²) in [4.78, 5) is 14.6. The molecule has 0 saturated heterocycles. The standard InChI is InChI=1S/C40H35O5P/c1-40(39(43)45-3,46(28-17-7-4-8-18-28,29-19-9-5-10-20-29)30-21-11-6-12-22-30)27-35(38(42)44-2)36-33-25-15-13-23-31(33)32-24-14-16-26-34(32)37(36)41/h4-26H,27H2,1-3H3,(H-,41,42)/b38-35-. The molecule has 0 aliphatic carbocycles. The molecule has 46 heavy (non-hydrogen) atoms. The number of aliphatic hydroxyl groups is 1. The van der Waals surface area contributed by atoms with Crippen LogP contribution < -0.4 is 21.0 Å². The smallest absolute Gasteiger partial charge is 0.351 e. The lowest BCUT2D eigenvalue weighted by molar-refractivity contribution is -0.266. The first-order valence-electron chi connectivity index (χ1n) is 15.1. The third-order valence-electron chi connectivity index (χ3n) is 8.96. The quantitative estimate of drug-likeness (QED) is 0.0792. The predicted molar refractivity (Wildman–Crippen MR) is 188 cm³/mol. The van der Waals surface area contributed by atoms with E-state index in [1.54, 1.807) is 6.07 Å². The average Bonchev–Trinajstić information content (AvgIpc) is 3.12. The molecule has 0 amide bonds. The average molecular weight is 627 g/mol. The number of carbonyl (C=O) groups is 1. The maximum absolute atomic E-state index is 14.6. The van der Waals surface area contributed by atoms with Crippen molar-refractivity contribution in [1.29, 1.82) is 0 Å². The molecule has 230 valence electrons. The predicted octanol–water partition coefficient (Wildman–Crippen LogP) is 7.26. The highest BCUT2D eigenvalue weighted by atomic mass is 31.2. The van der Waals surface area contributed by atoms with E-state index in [4.69, 9.17) is 9.47 Å². The minimum atomic E-state index is -2.97. The first kappa shape index (κ1) is 30.9. The number of methoxy groups -OCH3 is 2. The molecule has 0 aliphatic rings. The lowest BCUT2D eigenvalue weighted by atomic mass is 9.88. The number of esters is 1. The molecule has 1 atom stereocenters. The zero-order chi connectivity index (χ0) is 32.3. The Morgan fingerprint density at radius 2 is 1.02 bits per heavy atom. The van der Waals surface area contributed by atoms with Gasteiger partial charge in [-0.05, 0) is 70.4 Å². The molecule has 5 nitrogen and oxygen atoms in total. The topological polar surface area (TPSA) is 78.8 Å². The Morgan fingerprint density at radius 3 is 1.46 bits per heavy atom. The summed E-state index contributed by atoms with van der Waals surface area (Å²) in [7, 11) is -0.217. The summed E-state index contributed by atoms with van der Waals surface area (Å²) in [5, 5.41) is 30.5. The third kappa shape index (κ3) is 4.88. The van der Waals surface area contributed by atoms with Crippen molar-refractivity contribution in [3.8, 4) is 5.75 Å². The highest BCUT2D eigenvalue weighted by Gasteiger charge is 2.65. The van der Waals surface area contributed by atoms with E-state index in [2.05, 4.69) is 36.4 Å². The van der Waals surface area contributed by atoms with Gasteiger partial charge in [-0.25, -0.2) is 4.79 Å². The van der Waals surface area contributed by atoms with E-state index in [1.165, 1.54) is 14.2 Å². The molecule has 0 heterocycles. The maximum Gasteiger partial charge on any atom is 0.351 e. The van der Waals surface area contributed by atoms with Crippen LogP contribution in [0.2, 0.25) is 0 Å². The number of fused-ring (bicyclic) bond motifs is 3. The highest BCUT2D eigenvalue weighted by Crippen LogP contribution is 2.68. The van der Waals surface area contributed by atoms with Gasteiger partial charge in [0.1, 0.15) is 23.2 Å².